The van der Waals surface area contributed by atoms with E-state index in [4.69, 9.17) is 23.6 Å². The van der Waals surface area contributed by atoms with Gasteiger partial charge in [-0.1, -0.05) is 20.8 Å². The Morgan fingerprint density at radius 3 is 2.58 bits per heavy atom. The first kappa shape index (κ1) is 32.4. The molecule has 45 heavy (non-hydrogen) atoms. The van der Waals surface area contributed by atoms with Crippen LogP contribution in [-0.2, 0) is 22.6 Å². The Morgan fingerprint density at radius 2 is 1.91 bits per heavy atom. The Bertz CT molecular complexity index is 1780. The molecule has 0 aliphatic carbocycles. The molecule has 1 aliphatic rings. The second kappa shape index (κ2) is 12.8. The number of aromatic nitrogens is 5. The maximum atomic E-state index is 15.5. The lowest BCUT2D eigenvalue weighted by atomic mass is 10.2. The van der Waals surface area contributed by atoms with Crippen LogP contribution in [0.25, 0.3) is 22.4 Å². The predicted octanol–water partition coefficient (Wildman–Crippen LogP) is 5.01. The number of likely N-dealkylation sites (tertiary alicyclic amines) is 1. The number of methoxy groups -OCH3 is 2. The number of carbonyl (C=O) groups excluding carboxylic acids is 1. The molecule has 0 saturated carbocycles. The molecule has 0 bridgehead atoms. The minimum atomic E-state index is -1.34. The van der Waals surface area contributed by atoms with Crippen molar-refractivity contribution in [3.05, 3.63) is 54.2 Å². The number of benzene rings is 1. The van der Waals surface area contributed by atoms with Crippen LogP contribution in [0.2, 0.25) is 0 Å². The molecular formula is C32H42FN7O4S. The fourth-order valence-corrected chi connectivity index (χ4v) is 5.92. The molecule has 1 fully saturated rings. The third-order valence-corrected chi connectivity index (χ3v) is 12.1. The number of fused-ring (bicyclic) bond motifs is 1. The molecule has 0 spiro atoms. The van der Waals surface area contributed by atoms with E-state index in [2.05, 4.69) is 43.4 Å². The first-order valence-electron chi connectivity index (χ1n) is 14.8. The molecule has 0 N–H and O–H groups in total. The highest BCUT2D eigenvalue weighted by Crippen LogP contribution is 2.53. The molecule has 3 aromatic heterocycles. The van der Waals surface area contributed by atoms with Gasteiger partial charge in [0.1, 0.15) is 22.4 Å². The molecule has 4 heterocycles. The van der Waals surface area contributed by atoms with Crippen LogP contribution in [0.1, 0.15) is 33.6 Å². The molecule has 1 aromatic carbocycles. The summed E-state index contributed by atoms with van der Waals surface area (Å²) in [5.74, 6) is -0.103. The summed E-state index contributed by atoms with van der Waals surface area (Å²) in [6.07, 6.45) is 10.7. The van der Waals surface area contributed by atoms with E-state index in [1.165, 1.54) is 26.4 Å². The van der Waals surface area contributed by atoms with E-state index in [0.29, 0.717) is 60.6 Å². The van der Waals surface area contributed by atoms with Gasteiger partial charge in [0, 0.05) is 55.2 Å². The van der Waals surface area contributed by atoms with Crippen LogP contribution in [0.4, 0.5) is 10.1 Å². The van der Waals surface area contributed by atoms with Crippen LogP contribution in [0, 0.1) is 5.82 Å². The SMILES string of the molecule is COc1cc(N=c2ccc3ncc(-c4cnn(C)c4)nc3n2CC2CCC(=O)N2CCOS(C)(C)C(C)(C)C)c(F)c(OC)c1. The van der Waals surface area contributed by atoms with E-state index in [0.717, 1.165) is 5.56 Å². The minimum Gasteiger partial charge on any atom is -0.497 e. The Hall–Kier alpha value is -3.97. The number of rotatable bonds is 10. The first-order chi connectivity index (χ1) is 21.3. The van der Waals surface area contributed by atoms with Gasteiger partial charge in [-0.25, -0.2) is 14.4 Å². The largest absolute Gasteiger partial charge is 0.497 e. The van der Waals surface area contributed by atoms with Gasteiger partial charge < -0.3 is 23.1 Å². The van der Waals surface area contributed by atoms with E-state index in [1.54, 1.807) is 23.1 Å². The van der Waals surface area contributed by atoms with E-state index in [1.807, 2.05) is 28.8 Å². The average Bonchev–Trinajstić information content (AvgIpc) is 3.59. The summed E-state index contributed by atoms with van der Waals surface area (Å²) in [5.41, 5.74) is 3.14. The summed E-state index contributed by atoms with van der Waals surface area (Å²) in [6, 6.07) is 6.44. The zero-order valence-corrected chi connectivity index (χ0v) is 28.0. The highest BCUT2D eigenvalue weighted by atomic mass is 32.3. The van der Waals surface area contributed by atoms with Crippen LogP contribution in [0.5, 0.6) is 11.5 Å². The summed E-state index contributed by atoms with van der Waals surface area (Å²) in [6.45, 7) is 7.83. The van der Waals surface area contributed by atoms with Crippen LogP contribution in [0.3, 0.4) is 0 Å². The predicted molar refractivity (Wildman–Crippen MR) is 174 cm³/mol. The van der Waals surface area contributed by atoms with Crippen LogP contribution in [-0.4, -0.2) is 85.8 Å². The number of amides is 1. The fourth-order valence-electron chi connectivity index (χ4n) is 5.08. The van der Waals surface area contributed by atoms with Gasteiger partial charge in [0.15, 0.2) is 17.2 Å². The molecule has 1 amide bonds. The average molecular weight is 640 g/mol. The molecule has 13 heteroatoms. The number of aryl methyl sites for hydroxylation is 1. The van der Waals surface area contributed by atoms with Gasteiger partial charge in [0.25, 0.3) is 0 Å². The van der Waals surface area contributed by atoms with Gasteiger partial charge in [0.2, 0.25) is 5.91 Å². The monoisotopic (exact) mass is 639 g/mol. The standard InChI is InChI=1S/C32H42FN7O4S/c1-32(2,3)45(7,8)44-14-13-39-22(9-12-29(39)41)20-40-28(36-25-15-23(42-5)16-27(43-6)30(25)33)11-10-24-31(40)37-26(18-34-24)21-17-35-38(4)19-21/h10-11,15-19,22H,9,12-14,20H2,1-8H3. The Morgan fingerprint density at radius 1 is 1.13 bits per heavy atom. The zero-order chi connectivity index (χ0) is 32.5. The van der Waals surface area contributed by atoms with Crippen molar-refractivity contribution >= 4 is 33.1 Å². The smallest absolute Gasteiger partial charge is 0.223 e. The second-order valence-electron chi connectivity index (χ2n) is 12.4. The molecule has 11 nitrogen and oxygen atoms in total. The van der Waals surface area contributed by atoms with Gasteiger partial charge in [-0.05, 0) is 31.1 Å². The maximum Gasteiger partial charge on any atom is 0.223 e. The van der Waals surface area contributed by atoms with Crippen molar-refractivity contribution in [2.24, 2.45) is 12.0 Å². The van der Waals surface area contributed by atoms with Gasteiger partial charge in [-0.2, -0.15) is 5.10 Å². The molecule has 1 aliphatic heterocycles. The minimum absolute atomic E-state index is 0.0132. The molecule has 5 rings (SSSR count). The van der Waals surface area contributed by atoms with Crippen LogP contribution >= 0.6 is 10.3 Å². The molecule has 1 unspecified atom stereocenters. The summed E-state index contributed by atoms with van der Waals surface area (Å²) in [7, 11) is 3.40. The second-order valence-corrected chi connectivity index (χ2v) is 16.3. The van der Waals surface area contributed by atoms with Gasteiger partial charge in [-0.3, -0.25) is 14.5 Å². The molecular weight excluding hydrogens is 597 g/mol. The molecule has 4 aromatic rings. The molecule has 242 valence electrons. The summed E-state index contributed by atoms with van der Waals surface area (Å²) < 4.78 is 36.1. The highest BCUT2D eigenvalue weighted by molar-refractivity contribution is 8.29. The summed E-state index contributed by atoms with van der Waals surface area (Å²) in [4.78, 5) is 29.4. The topological polar surface area (TPSA) is 109 Å². The lowest BCUT2D eigenvalue weighted by Gasteiger charge is -2.44. The number of nitrogens with zero attached hydrogens (tertiary/aromatic N) is 7. The molecule has 1 atom stereocenters. The number of carbonyl (C=O) groups is 1. The number of pyridine rings is 1. The lowest BCUT2D eigenvalue weighted by molar-refractivity contribution is -0.129. The first-order valence-corrected chi connectivity index (χ1v) is 17.2. The third kappa shape index (κ3) is 6.84. The summed E-state index contributed by atoms with van der Waals surface area (Å²) >= 11 is 0. The Kier molecular flexibility index (Phi) is 9.22. The normalized spacial score (nSPS) is 16.6. The Labute approximate surface area is 264 Å². The fraction of sp³-hybridized carbons (Fsp3) is 0.469. The highest BCUT2D eigenvalue weighted by Gasteiger charge is 2.33. The van der Waals surface area contributed by atoms with E-state index in [9.17, 15) is 4.79 Å². The van der Waals surface area contributed by atoms with Crippen molar-refractivity contribution in [1.82, 2.24) is 29.2 Å². The van der Waals surface area contributed by atoms with Crippen molar-refractivity contribution in [2.75, 3.05) is 39.9 Å². The van der Waals surface area contributed by atoms with Crippen molar-refractivity contribution in [3.8, 4) is 22.8 Å². The number of halogens is 1. The third-order valence-electron chi connectivity index (χ3n) is 8.42. The van der Waals surface area contributed by atoms with Crippen molar-refractivity contribution < 1.29 is 22.8 Å². The molecule has 1 saturated heterocycles. The van der Waals surface area contributed by atoms with Gasteiger partial charge >= 0.3 is 0 Å². The zero-order valence-electron chi connectivity index (χ0n) is 27.2. The van der Waals surface area contributed by atoms with Crippen molar-refractivity contribution in [3.63, 3.8) is 0 Å². The van der Waals surface area contributed by atoms with Gasteiger partial charge in [0.05, 0.1) is 45.0 Å². The maximum absolute atomic E-state index is 15.5. The van der Waals surface area contributed by atoms with Crippen molar-refractivity contribution in [2.45, 2.75) is 50.9 Å². The number of ether oxygens (including phenoxy) is 2. The quantitative estimate of drug-likeness (QED) is 0.240. The van der Waals surface area contributed by atoms with Crippen molar-refractivity contribution in [1.29, 1.82) is 0 Å². The van der Waals surface area contributed by atoms with E-state index < -0.39 is 16.1 Å². The molecule has 0 radical (unpaired) electrons. The van der Waals surface area contributed by atoms with Crippen LogP contribution in [0.15, 0.2) is 47.8 Å². The lowest BCUT2D eigenvalue weighted by Crippen LogP contribution is -2.41. The van der Waals surface area contributed by atoms with Crippen LogP contribution < -0.4 is 15.0 Å². The summed E-state index contributed by atoms with van der Waals surface area (Å²) in [5, 5.41) is 4.28. The number of hydrogen-bond acceptors (Lipinski definition) is 8. The van der Waals surface area contributed by atoms with E-state index in [-0.39, 0.29) is 28.1 Å². The van der Waals surface area contributed by atoms with E-state index >= 15 is 4.39 Å². The number of hydrogen-bond donors (Lipinski definition) is 0. The Balaban J connectivity index is 1.59. The van der Waals surface area contributed by atoms with Gasteiger partial charge in [-0.15, -0.1) is 10.3 Å².